The third-order valence-corrected chi connectivity index (χ3v) is 5.20. The number of phenolic OH excluding ortho intramolecular Hbond substituents is 1. The number of aliphatic imine (C=N–C) groups is 1. The fourth-order valence-electron chi connectivity index (χ4n) is 3.64. The van der Waals surface area contributed by atoms with Gasteiger partial charge in [0.1, 0.15) is 11.4 Å². The first-order valence-electron chi connectivity index (χ1n) is 10.4. The van der Waals surface area contributed by atoms with Crippen molar-refractivity contribution in [1.29, 1.82) is 0 Å². The van der Waals surface area contributed by atoms with Gasteiger partial charge in [-0.15, -0.1) is 0 Å². The van der Waals surface area contributed by atoms with Crippen molar-refractivity contribution in [3.8, 4) is 33.8 Å². The Morgan fingerprint density at radius 2 is 1.22 bits per heavy atom. The predicted molar refractivity (Wildman–Crippen MR) is 130 cm³/mol. The predicted octanol–water partition coefficient (Wildman–Crippen LogP) is 6.66. The molecule has 0 spiro atoms. The molecule has 1 heterocycles. The zero-order chi connectivity index (χ0) is 21.8. The van der Waals surface area contributed by atoms with E-state index in [1.54, 1.807) is 18.3 Å². The van der Waals surface area contributed by atoms with E-state index in [9.17, 15) is 5.11 Å². The largest absolute Gasteiger partial charge is 0.508 e. The Balaban J connectivity index is 1.77. The highest BCUT2D eigenvalue weighted by Gasteiger charge is 2.21. The third kappa shape index (κ3) is 3.94. The van der Waals surface area contributed by atoms with Crippen LogP contribution in [0.1, 0.15) is 5.56 Å². The molecule has 4 nitrogen and oxygen atoms in total. The number of hydrogen-bond acceptors (Lipinski definition) is 3. The molecule has 154 valence electrons. The van der Waals surface area contributed by atoms with E-state index in [0.717, 1.165) is 39.5 Å². The lowest BCUT2D eigenvalue weighted by Crippen LogP contribution is -1.96. The number of phenols is 1. The summed E-state index contributed by atoms with van der Waals surface area (Å²) in [7, 11) is 0. The lowest BCUT2D eigenvalue weighted by Gasteiger charge is -2.06. The van der Waals surface area contributed by atoms with Crippen LogP contribution in [0.5, 0.6) is 5.75 Å². The second-order valence-electron chi connectivity index (χ2n) is 7.38. The normalized spacial score (nSPS) is 11.1. The summed E-state index contributed by atoms with van der Waals surface area (Å²) < 4.78 is 1.89. The average Bonchev–Trinajstić information content (AvgIpc) is 3.25. The van der Waals surface area contributed by atoms with E-state index in [-0.39, 0.29) is 5.75 Å². The van der Waals surface area contributed by atoms with Crippen LogP contribution in [0.3, 0.4) is 0 Å². The molecule has 0 aliphatic heterocycles. The minimum atomic E-state index is 0.229. The van der Waals surface area contributed by atoms with Gasteiger partial charge in [0.25, 0.3) is 0 Å². The fourth-order valence-corrected chi connectivity index (χ4v) is 3.64. The number of nitrogens with zero attached hydrogens (tertiary/aromatic N) is 3. The third-order valence-electron chi connectivity index (χ3n) is 5.20. The number of hydrogen-bond donors (Lipinski definition) is 1. The first-order chi connectivity index (χ1) is 15.8. The van der Waals surface area contributed by atoms with Crippen molar-refractivity contribution in [2.45, 2.75) is 0 Å². The van der Waals surface area contributed by atoms with Gasteiger partial charge in [0, 0.05) is 11.8 Å². The standard InChI is InChI=1S/C28H21N3O/c32-25-18-16-21(17-19-25)20-29-28-26(22-10-4-1-5-11-22)27(23-12-6-2-7-13-23)30-31(28)24-14-8-3-9-15-24/h1-20,32H/b29-20+. The summed E-state index contributed by atoms with van der Waals surface area (Å²) in [5.74, 6) is 0.974. The highest BCUT2D eigenvalue weighted by atomic mass is 16.3. The molecule has 0 aliphatic rings. The molecule has 0 atom stereocenters. The molecule has 1 aromatic heterocycles. The van der Waals surface area contributed by atoms with Crippen LogP contribution >= 0.6 is 0 Å². The van der Waals surface area contributed by atoms with Crippen molar-refractivity contribution >= 4 is 12.0 Å². The van der Waals surface area contributed by atoms with Crippen LogP contribution in [0, 0.1) is 0 Å². The molecule has 1 N–H and O–H groups in total. The Hall–Kier alpha value is -4.44. The molecular weight excluding hydrogens is 394 g/mol. The molecule has 0 saturated carbocycles. The lowest BCUT2D eigenvalue weighted by molar-refractivity contribution is 0.475. The Bertz CT molecular complexity index is 1340. The van der Waals surface area contributed by atoms with Crippen LogP contribution < -0.4 is 0 Å². The molecule has 5 aromatic rings. The SMILES string of the molecule is Oc1ccc(/C=N/c2c(-c3ccccc3)c(-c3ccccc3)nn2-c2ccccc2)cc1. The molecule has 5 rings (SSSR count). The van der Waals surface area contributed by atoms with Crippen molar-refractivity contribution in [3.63, 3.8) is 0 Å². The van der Waals surface area contributed by atoms with Crippen molar-refractivity contribution in [2.75, 3.05) is 0 Å². The monoisotopic (exact) mass is 415 g/mol. The second-order valence-corrected chi connectivity index (χ2v) is 7.38. The van der Waals surface area contributed by atoms with Crippen molar-refractivity contribution in [3.05, 3.63) is 121 Å². The van der Waals surface area contributed by atoms with E-state index in [0.29, 0.717) is 0 Å². The van der Waals surface area contributed by atoms with Gasteiger partial charge in [0.05, 0.1) is 11.3 Å². The molecule has 32 heavy (non-hydrogen) atoms. The Labute approximate surface area is 186 Å². The molecule has 4 aromatic carbocycles. The van der Waals surface area contributed by atoms with Gasteiger partial charge in [-0.1, -0.05) is 78.9 Å². The van der Waals surface area contributed by atoms with E-state index < -0.39 is 0 Å². The summed E-state index contributed by atoms with van der Waals surface area (Å²) in [6.07, 6.45) is 1.80. The number of aromatic nitrogens is 2. The van der Waals surface area contributed by atoms with Gasteiger partial charge in [0.2, 0.25) is 0 Å². The summed E-state index contributed by atoms with van der Waals surface area (Å²) >= 11 is 0. The molecule has 0 unspecified atom stereocenters. The molecule has 0 saturated heterocycles. The molecule has 4 heteroatoms. The molecule has 0 fully saturated rings. The summed E-state index contributed by atoms with van der Waals surface area (Å²) in [5.41, 5.74) is 5.75. The minimum absolute atomic E-state index is 0.229. The number of para-hydroxylation sites is 1. The highest BCUT2D eigenvalue weighted by Crippen LogP contribution is 2.40. The number of aromatic hydroxyl groups is 1. The summed E-state index contributed by atoms with van der Waals surface area (Å²) in [6, 6.07) is 37.4. The maximum atomic E-state index is 9.60. The van der Waals surface area contributed by atoms with Crippen molar-refractivity contribution in [2.24, 2.45) is 4.99 Å². The van der Waals surface area contributed by atoms with Gasteiger partial charge < -0.3 is 5.11 Å². The molecule has 0 radical (unpaired) electrons. The van der Waals surface area contributed by atoms with Crippen LogP contribution in [-0.2, 0) is 0 Å². The van der Waals surface area contributed by atoms with Gasteiger partial charge >= 0.3 is 0 Å². The molecule has 0 aliphatic carbocycles. The fraction of sp³-hybridized carbons (Fsp3) is 0. The molecule has 0 bridgehead atoms. The van der Waals surface area contributed by atoms with Gasteiger partial charge in [0.15, 0.2) is 5.82 Å². The van der Waals surface area contributed by atoms with E-state index in [1.165, 1.54) is 0 Å². The molecular formula is C28H21N3O. The smallest absolute Gasteiger partial charge is 0.164 e. The summed E-state index contributed by atoms with van der Waals surface area (Å²) in [4.78, 5) is 4.90. The minimum Gasteiger partial charge on any atom is -0.508 e. The van der Waals surface area contributed by atoms with Crippen LogP contribution in [0.4, 0.5) is 5.82 Å². The van der Waals surface area contributed by atoms with Crippen LogP contribution in [0.2, 0.25) is 0 Å². The highest BCUT2D eigenvalue weighted by molar-refractivity contribution is 5.91. The topological polar surface area (TPSA) is 50.4 Å². The quantitative estimate of drug-likeness (QED) is 0.326. The van der Waals surface area contributed by atoms with Crippen LogP contribution in [0.15, 0.2) is 120 Å². The maximum Gasteiger partial charge on any atom is 0.164 e. The number of rotatable bonds is 5. The van der Waals surface area contributed by atoms with E-state index in [4.69, 9.17) is 10.1 Å². The van der Waals surface area contributed by atoms with E-state index >= 15 is 0 Å². The number of benzene rings is 4. The Kier molecular flexibility index (Phi) is 5.33. The lowest BCUT2D eigenvalue weighted by atomic mass is 10.0. The second kappa shape index (κ2) is 8.74. The first-order valence-corrected chi connectivity index (χ1v) is 10.4. The zero-order valence-electron chi connectivity index (χ0n) is 17.3. The van der Waals surface area contributed by atoms with E-state index in [1.807, 2.05) is 83.5 Å². The Morgan fingerprint density at radius 1 is 0.656 bits per heavy atom. The first kappa shape index (κ1) is 19.5. The van der Waals surface area contributed by atoms with Gasteiger partial charge in [-0.3, -0.25) is 0 Å². The Morgan fingerprint density at radius 3 is 1.84 bits per heavy atom. The van der Waals surface area contributed by atoms with Gasteiger partial charge in [-0.05, 0) is 47.5 Å². The van der Waals surface area contributed by atoms with Crippen LogP contribution in [0.25, 0.3) is 28.1 Å². The summed E-state index contributed by atoms with van der Waals surface area (Å²) in [6.45, 7) is 0. The van der Waals surface area contributed by atoms with Crippen molar-refractivity contribution in [1.82, 2.24) is 9.78 Å². The van der Waals surface area contributed by atoms with Crippen molar-refractivity contribution < 1.29 is 5.11 Å². The van der Waals surface area contributed by atoms with Crippen LogP contribution in [-0.4, -0.2) is 21.1 Å². The average molecular weight is 415 g/mol. The zero-order valence-corrected chi connectivity index (χ0v) is 17.3. The summed E-state index contributed by atoms with van der Waals surface area (Å²) in [5, 5.41) is 14.6. The van der Waals surface area contributed by atoms with Gasteiger partial charge in [-0.2, -0.15) is 5.10 Å². The van der Waals surface area contributed by atoms with E-state index in [2.05, 4.69) is 24.3 Å². The van der Waals surface area contributed by atoms with Gasteiger partial charge in [-0.25, -0.2) is 9.67 Å². The molecule has 0 amide bonds. The maximum absolute atomic E-state index is 9.60.